The molecule has 90 valence electrons. The first-order valence-electron chi connectivity index (χ1n) is 6.31. The zero-order valence-electron chi connectivity index (χ0n) is 9.82. The van der Waals surface area contributed by atoms with Crippen molar-refractivity contribution in [2.45, 2.75) is 31.8 Å². The molecular formula is C14H17ClN2. The Morgan fingerprint density at radius 1 is 1.29 bits per heavy atom. The molecule has 3 heteroatoms. The molecule has 1 saturated carbocycles. The molecule has 3 rings (SSSR count). The van der Waals surface area contributed by atoms with Gasteiger partial charge in [-0.1, -0.05) is 23.7 Å². The van der Waals surface area contributed by atoms with E-state index in [2.05, 4.69) is 28.2 Å². The topological polar surface area (TPSA) is 17.0 Å². The summed E-state index contributed by atoms with van der Waals surface area (Å²) in [4.78, 5) is 0. The lowest BCUT2D eigenvalue weighted by Gasteiger charge is -2.07. The molecule has 0 saturated heterocycles. The summed E-state index contributed by atoms with van der Waals surface area (Å²) in [6.07, 6.45) is 6.01. The van der Waals surface area contributed by atoms with Crippen molar-refractivity contribution in [2.24, 2.45) is 0 Å². The van der Waals surface area contributed by atoms with E-state index in [0.717, 1.165) is 30.6 Å². The fourth-order valence-electron chi connectivity index (χ4n) is 2.24. The molecule has 0 bridgehead atoms. The van der Waals surface area contributed by atoms with Crippen molar-refractivity contribution in [3.8, 4) is 0 Å². The Kier molecular flexibility index (Phi) is 3.08. The molecule has 1 aliphatic carbocycles. The summed E-state index contributed by atoms with van der Waals surface area (Å²) >= 11 is 6.24. The van der Waals surface area contributed by atoms with Crippen LogP contribution in [-0.2, 0) is 6.54 Å². The lowest BCUT2D eigenvalue weighted by atomic mass is 10.2. The van der Waals surface area contributed by atoms with Crippen LogP contribution in [0.4, 0.5) is 0 Å². The van der Waals surface area contributed by atoms with Gasteiger partial charge < -0.3 is 9.88 Å². The molecular weight excluding hydrogens is 232 g/mol. The van der Waals surface area contributed by atoms with Gasteiger partial charge in [0, 0.05) is 24.2 Å². The van der Waals surface area contributed by atoms with Gasteiger partial charge in [0.15, 0.2) is 0 Å². The molecule has 1 aliphatic rings. The van der Waals surface area contributed by atoms with E-state index in [1.807, 2.05) is 12.1 Å². The zero-order valence-corrected chi connectivity index (χ0v) is 10.6. The maximum absolute atomic E-state index is 6.24. The highest BCUT2D eigenvalue weighted by Crippen LogP contribution is 2.24. The second kappa shape index (κ2) is 4.71. The smallest absolute Gasteiger partial charge is 0.0669 e. The van der Waals surface area contributed by atoms with Crippen LogP contribution in [0, 0.1) is 0 Å². The molecule has 1 fully saturated rings. The van der Waals surface area contributed by atoms with E-state index in [0.29, 0.717) is 0 Å². The van der Waals surface area contributed by atoms with Gasteiger partial charge in [0.05, 0.1) is 10.5 Å². The molecule has 0 radical (unpaired) electrons. The molecule has 17 heavy (non-hydrogen) atoms. The number of nitrogens with one attached hydrogen (secondary N) is 1. The van der Waals surface area contributed by atoms with Crippen LogP contribution in [0.15, 0.2) is 30.5 Å². The van der Waals surface area contributed by atoms with Gasteiger partial charge in [0.25, 0.3) is 0 Å². The molecule has 0 amide bonds. The third-order valence-electron chi connectivity index (χ3n) is 3.33. The summed E-state index contributed by atoms with van der Waals surface area (Å²) in [5, 5.41) is 5.61. The number of hydrogen-bond acceptors (Lipinski definition) is 1. The molecule has 1 aromatic heterocycles. The van der Waals surface area contributed by atoms with Gasteiger partial charge in [0.1, 0.15) is 0 Å². The number of benzene rings is 1. The van der Waals surface area contributed by atoms with Crippen LogP contribution in [0.3, 0.4) is 0 Å². The summed E-state index contributed by atoms with van der Waals surface area (Å²) in [7, 11) is 0. The number of hydrogen-bond donors (Lipinski definition) is 1. The highest BCUT2D eigenvalue weighted by Gasteiger charge is 2.19. The SMILES string of the molecule is Clc1cccc2ccn(CCCNC3CC3)c12. The molecule has 2 aromatic rings. The second-order valence-electron chi connectivity index (χ2n) is 4.77. The summed E-state index contributed by atoms with van der Waals surface area (Å²) in [5.74, 6) is 0. The maximum atomic E-state index is 6.24. The summed E-state index contributed by atoms with van der Waals surface area (Å²) in [6.45, 7) is 2.14. The number of para-hydroxylation sites is 1. The zero-order chi connectivity index (χ0) is 11.7. The quantitative estimate of drug-likeness (QED) is 0.803. The first-order chi connectivity index (χ1) is 8.34. The molecule has 0 unspecified atom stereocenters. The molecule has 1 heterocycles. The largest absolute Gasteiger partial charge is 0.346 e. The molecule has 2 nitrogen and oxygen atoms in total. The van der Waals surface area contributed by atoms with E-state index >= 15 is 0 Å². The van der Waals surface area contributed by atoms with Crippen LogP contribution >= 0.6 is 11.6 Å². The minimum absolute atomic E-state index is 0.806. The normalized spacial score (nSPS) is 15.6. The first kappa shape index (κ1) is 11.1. The molecule has 1 N–H and O–H groups in total. The Morgan fingerprint density at radius 3 is 3.00 bits per heavy atom. The number of nitrogens with zero attached hydrogens (tertiary/aromatic N) is 1. The van der Waals surface area contributed by atoms with Gasteiger partial charge in [0.2, 0.25) is 0 Å². The van der Waals surface area contributed by atoms with Gasteiger partial charge in [-0.25, -0.2) is 0 Å². The number of rotatable bonds is 5. The van der Waals surface area contributed by atoms with Gasteiger partial charge >= 0.3 is 0 Å². The number of aromatic nitrogens is 1. The molecule has 0 aliphatic heterocycles. The summed E-state index contributed by atoms with van der Waals surface area (Å²) in [5.41, 5.74) is 1.17. The Bertz CT molecular complexity index is 514. The van der Waals surface area contributed by atoms with Crippen molar-refractivity contribution in [3.63, 3.8) is 0 Å². The van der Waals surface area contributed by atoms with Crippen molar-refractivity contribution in [1.29, 1.82) is 0 Å². The van der Waals surface area contributed by atoms with Gasteiger partial charge in [-0.15, -0.1) is 0 Å². The van der Waals surface area contributed by atoms with E-state index in [1.54, 1.807) is 0 Å². The highest BCUT2D eigenvalue weighted by atomic mass is 35.5. The number of halogens is 1. The predicted molar refractivity (Wildman–Crippen MR) is 72.6 cm³/mol. The maximum Gasteiger partial charge on any atom is 0.0669 e. The Morgan fingerprint density at radius 2 is 2.18 bits per heavy atom. The lowest BCUT2D eigenvalue weighted by molar-refractivity contribution is 0.588. The van der Waals surface area contributed by atoms with Crippen LogP contribution < -0.4 is 5.32 Å². The van der Waals surface area contributed by atoms with Gasteiger partial charge in [-0.3, -0.25) is 0 Å². The Labute approximate surface area is 107 Å². The van der Waals surface area contributed by atoms with Crippen LogP contribution in [0.2, 0.25) is 5.02 Å². The number of fused-ring (bicyclic) bond motifs is 1. The average molecular weight is 249 g/mol. The van der Waals surface area contributed by atoms with Crippen LogP contribution in [0.25, 0.3) is 10.9 Å². The fourth-order valence-corrected chi connectivity index (χ4v) is 2.53. The first-order valence-corrected chi connectivity index (χ1v) is 6.69. The van der Waals surface area contributed by atoms with Crippen LogP contribution in [-0.4, -0.2) is 17.2 Å². The minimum Gasteiger partial charge on any atom is -0.346 e. The van der Waals surface area contributed by atoms with Crippen molar-refractivity contribution >= 4 is 22.5 Å². The van der Waals surface area contributed by atoms with E-state index in [1.165, 1.54) is 23.7 Å². The predicted octanol–water partition coefficient (Wildman–Crippen LogP) is 3.44. The summed E-state index contributed by atoms with van der Waals surface area (Å²) < 4.78 is 2.26. The lowest BCUT2D eigenvalue weighted by Crippen LogP contribution is -2.18. The van der Waals surface area contributed by atoms with E-state index in [4.69, 9.17) is 11.6 Å². The van der Waals surface area contributed by atoms with Crippen molar-refractivity contribution in [1.82, 2.24) is 9.88 Å². The van der Waals surface area contributed by atoms with E-state index in [9.17, 15) is 0 Å². The van der Waals surface area contributed by atoms with Gasteiger partial charge in [-0.05, 0) is 37.9 Å². The number of aryl methyl sites for hydroxylation is 1. The third-order valence-corrected chi connectivity index (χ3v) is 3.63. The average Bonchev–Trinajstić information content (AvgIpc) is 3.05. The standard InChI is InChI=1S/C14H17ClN2/c15-13-4-1-3-11-7-10-17(14(11)13)9-2-8-16-12-5-6-12/h1,3-4,7,10,12,16H,2,5-6,8-9H2. The molecule has 0 spiro atoms. The van der Waals surface area contributed by atoms with Crippen molar-refractivity contribution in [2.75, 3.05) is 6.54 Å². The van der Waals surface area contributed by atoms with Crippen molar-refractivity contribution in [3.05, 3.63) is 35.5 Å². The minimum atomic E-state index is 0.806. The monoisotopic (exact) mass is 248 g/mol. The van der Waals surface area contributed by atoms with Crippen LogP contribution in [0.1, 0.15) is 19.3 Å². The molecule has 0 atom stereocenters. The Hall–Kier alpha value is -0.990. The summed E-state index contributed by atoms with van der Waals surface area (Å²) in [6, 6.07) is 9.02. The van der Waals surface area contributed by atoms with Crippen molar-refractivity contribution < 1.29 is 0 Å². The fraction of sp³-hybridized carbons (Fsp3) is 0.429. The second-order valence-corrected chi connectivity index (χ2v) is 5.18. The third kappa shape index (κ3) is 2.48. The van der Waals surface area contributed by atoms with Crippen LogP contribution in [0.5, 0.6) is 0 Å². The van der Waals surface area contributed by atoms with E-state index in [-0.39, 0.29) is 0 Å². The van der Waals surface area contributed by atoms with E-state index < -0.39 is 0 Å². The highest BCUT2D eigenvalue weighted by molar-refractivity contribution is 6.35. The molecule has 1 aromatic carbocycles. The van der Waals surface area contributed by atoms with Gasteiger partial charge in [-0.2, -0.15) is 0 Å². The Balaban J connectivity index is 1.67.